The van der Waals surface area contributed by atoms with Gasteiger partial charge in [0.1, 0.15) is 16.8 Å². The molecule has 1 aliphatic rings. The number of nitrogens with zero attached hydrogens (tertiary/aromatic N) is 6. The highest BCUT2D eigenvalue weighted by atomic mass is 32.2. The third-order valence-corrected chi connectivity index (χ3v) is 7.92. The van der Waals surface area contributed by atoms with Crippen LogP contribution >= 0.6 is 0 Å². The fraction of sp³-hybridized carbons (Fsp3) is 0.385. The van der Waals surface area contributed by atoms with E-state index in [1.807, 2.05) is 34.5 Å². The molecule has 0 amide bonds. The first-order chi connectivity index (χ1) is 16.8. The lowest BCUT2D eigenvalue weighted by atomic mass is 9.96. The van der Waals surface area contributed by atoms with Gasteiger partial charge in [0.25, 0.3) is 0 Å². The standard InChI is InChI=1S/C26H31FN6OS/c1-18(2)16-31-11-12-32(35(34)26-9-10-30(4)29-26)17-25(31)23-14-20-15-28-33(24(20)13-19(23)3)22-7-5-21(27)6-8-22/h5-10,13-15,18,25H,11-12,16-17H2,1-4H3. The summed E-state index contributed by atoms with van der Waals surface area (Å²) in [4.78, 5) is 2.51. The van der Waals surface area contributed by atoms with Crippen LogP contribution in [0, 0.1) is 18.7 Å². The van der Waals surface area contributed by atoms with Crippen molar-refractivity contribution in [3.63, 3.8) is 0 Å². The number of fused-ring (bicyclic) bond motifs is 1. The third kappa shape index (κ3) is 4.80. The van der Waals surface area contributed by atoms with Crippen molar-refractivity contribution in [2.45, 2.75) is 31.8 Å². The Morgan fingerprint density at radius 3 is 2.60 bits per heavy atom. The third-order valence-electron chi connectivity index (χ3n) is 6.54. The molecule has 0 aliphatic carbocycles. The summed E-state index contributed by atoms with van der Waals surface area (Å²) < 4.78 is 32.3. The highest BCUT2D eigenvalue weighted by molar-refractivity contribution is 7.82. The van der Waals surface area contributed by atoms with Crippen molar-refractivity contribution in [1.82, 2.24) is 28.8 Å². The Morgan fingerprint density at radius 1 is 1.14 bits per heavy atom. The maximum atomic E-state index is 13.4. The zero-order chi connectivity index (χ0) is 24.7. The van der Waals surface area contributed by atoms with E-state index >= 15 is 0 Å². The van der Waals surface area contributed by atoms with Gasteiger partial charge in [-0.1, -0.05) is 13.8 Å². The Hall–Kier alpha value is -2.88. The summed E-state index contributed by atoms with van der Waals surface area (Å²) in [6.45, 7) is 9.80. The van der Waals surface area contributed by atoms with E-state index < -0.39 is 11.0 Å². The van der Waals surface area contributed by atoms with Gasteiger partial charge in [-0.2, -0.15) is 10.2 Å². The lowest BCUT2D eigenvalue weighted by Crippen LogP contribution is -2.50. The molecule has 7 nitrogen and oxygen atoms in total. The fourth-order valence-electron chi connectivity index (χ4n) is 4.89. The molecule has 1 fully saturated rings. The molecule has 0 N–H and O–H groups in total. The van der Waals surface area contributed by atoms with Gasteiger partial charge in [-0.25, -0.2) is 17.6 Å². The van der Waals surface area contributed by atoms with Crippen LogP contribution in [0.15, 0.2) is 59.9 Å². The van der Waals surface area contributed by atoms with E-state index in [2.05, 4.69) is 48.0 Å². The maximum absolute atomic E-state index is 13.4. The van der Waals surface area contributed by atoms with Crippen LogP contribution in [0.5, 0.6) is 0 Å². The molecule has 0 spiro atoms. The molecule has 3 heterocycles. The average molecular weight is 495 g/mol. The second-order valence-corrected chi connectivity index (χ2v) is 11.1. The van der Waals surface area contributed by atoms with E-state index in [1.54, 1.807) is 16.8 Å². The van der Waals surface area contributed by atoms with E-state index in [-0.39, 0.29) is 11.9 Å². The van der Waals surface area contributed by atoms with Gasteiger partial charge >= 0.3 is 0 Å². The maximum Gasteiger partial charge on any atom is 0.164 e. The first-order valence-electron chi connectivity index (χ1n) is 11.9. The summed E-state index contributed by atoms with van der Waals surface area (Å²) in [6.07, 6.45) is 3.69. The molecule has 35 heavy (non-hydrogen) atoms. The number of aryl methyl sites for hydroxylation is 2. The molecule has 5 rings (SSSR count). The molecule has 1 aliphatic heterocycles. The summed E-state index contributed by atoms with van der Waals surface area (Å²) in [5, 5.41) is 10.6. The smallest absolute Gasteiger partial charge is 0.164 e. The van der Waals surface area contributed by atoms with Crippen LogP contribution in [-0.2, 0) is 18.0 Å². The summed E-state index contributed by atoms with van der Waals surface area (Å²) >= 11 is 0. The zero-order valence-corrected chi connectivity index (χ0v) is 21.4. The van der Waals surface area contributed by atoms with Crippen LogP contribution in [0.1, 0.15) is 31.0 Å². The van der Waals surface area contributed by atoms with Gasteiger partial charge < -0.3 is 0 Å². The zero-order valence-electron chi connectivity index (χ0n) is 20.6. The summed E-state index contributed by atoms with van der Waals surface area (Å²) in [5.41, 5.74) is 4.19. The molecule has 4 aromatic rings. The Labute approximate surface area is 207 Å². The minimum atomic E-state index is -1.30. The van der Waals surface area contributed by atoms with Gasteiger partial charge in [-0.15, -0.1) is 0 Å². The van der Waals surface area contributed by atoms with E-state index in [4.69, 9.17) is 0 Å². The number of piperazine rings is 1. The number of hydrogen-bond acceptors (Lipinski definition) is 4. The monoisotopic (exact) mass is 494 g/mol. The van der Waals surface area contributed by atoms with Gasteiger partial charge in [-0.05, 0) is 66.4 Å². The summed E-state index contributed by atoms with van der Waals surface area (Å²) in [6, 6.07) is 12.7. The lowest BCUT2D eigenvalue weighted by molar-refractivity contribution is 0.107. The highest BCUT2D eigenvalue weighted by Crippen LogP contribution is 2.33. The quantitative estimate of drug-likeness (QED) is 0.402. The van der Waals surface area contributed by atoms with Crippen LogP contribution in [0.3, 0.4) is 0 Å². The van der Waals surface area contributed by atoms with Crippen molar-refractivity contribution in [3.8, 4) is 5.69 Å². The Morgan fingerprint density at radius 2 is 1.91 bits per heavy atom. The van der Waals surface area contributed by atoms with Gasteiger partial charge in [0.05, 0.1) is 17.4 Å². The van der Waals surface area contributed by atoms with Gasteiger partial charge in [0, 0.05) is 50.9 Å². The number of benzene rings is 2. The number of halogens is 1. The van der Waals surface area contributed by atoms with Crippen LogP contribution in [0.25, 0.3) is 16.6 Å². The predicted molar refractivity (Wildman–Crippen MR) is 136 cm³/mol. The van der Waals surface area contributed by atoms with E-state index in [0.717, 1.165) is 41.8 Å². The first kappa shape index (κ1) is 23.8. The first-order valence-corrected chi connectivity index (χ1v) is 13.1. The van der Waals surface area contributed by atoms with E-state index in [0.29, 0.717) is 17.5 Å². The molecule has 0 saturated carbocycles. The normalized spacial score (nSPS) is 18.5. The molecule has 2 unspecified atom stereocenters. The number of rotatable bonds is 6. The minimum Gasteiger partial charge on any atom is -0.293 e. The van der Waals surface area contributed by atoms with Crippen LogP contribution in [-0.4, -0.2) is 59.2 Å². The highest BCUT2D eigenvalue weighted by Gasteiger charge is 2.33. The Bertz CT molecular complexity index is 1360. The van der Waals surface area contributed by atoms with Gasteiger partial charge in [0.15, 0.2) is 5.03 Å². The number of aromatic nitrogens is 4. The molecule has 2 atom stereocenters. The van der Waals surface area contributed by atoms with Crippen molar-refractivity contribution < 1.29 is 8.60 Å². The number of hydrogen-bond donors (Lipinski definition) is 0. The van der Waals surface area contributed by atoms with Gasteiger partial charge in [-0.3, -0.25) is 9.58 Å². The molecule has 1 saturated heterocycles. The SMILES string of the molecule is Cc1cc2c(cnn2-c2ccc(F)cc2)cc1C1CN(S(=O)c2ccn(C)n2)CCN1CC(C)C. The van der Waals surface area contributed by atoms with Gasteiger partial charge in [0.2, 0.25) is 0 Å². The molecule has 2 aromatic heterocycles. The molecule has 2 aromatic carbocycles. The second-order valence-electron chi connectivity index (χ2n) is 9.67. The summed E-state index contributed by atoms with van der Waals surface area (Å²) in [7, 11) is 0.542. The van der Waals surface area contributed by atoms with Crippen molar-refractivity contribution in [2.75, 3.05) is 26.2 Å². The van der Waals surface area contributed by atoms with Crippen LogP contribution < -0.4 is 0 Å². The molecular weight excluding hydrogens is 463 g/mol. The average Bonchev–Trinajstić information content (AvgIpc) is 3.44. The Balaban J connectivity index is 1.50. The molecule has 184 valence electrons. The lowest BCUT2D eigenvalue weighted by Gasteiger charge is -2.42. The fourth-order valence-corrected chi connectivity index (χ4v) is 6.06. The topological polar surface area (TPSA) is 59.2 Å². The van der Waals surface area contributed by atoms with Crippen molar-refractivity contribution in [3.05, 3.63) is 71.8 Å². The van der Waals surface area contributed by atoms with E-state index in [9.17, 15) is 8.60 Å². The van der Waals surface area contributed by atoms with Crippen LogP contribution in [0.4, 0.5) is 4.39 Å². The molecular formula is C26H31FN6OS. The second kappa shape index (κ2) is 9.64. The largest absolute Gasteiger partial charge is 0.293 e. The summed E-state index contributed by atoms with van der Waals surface area (Å²) in [5.74, 6) is 0.259. The molecule has 0 bridgehead atoms. The van der Waals surface area contributed by atoms with Crippen LogP contribution in [0.2, 0.25) is 0 Å². The Kier molecular flexibility index (Phi) is 6.57. The molecule has 0 radical (unpaired) electrons. The molecule has 9 heteroatoms. The predicted octanol–water partition coefficient (Wildman–Crippen LogP) is 4.24. The minimum absolute atomic E-state index is 0.109. The van der Waals surface area contributed by atoms with E-state index in [1.165, 1.54) is 17.7 Å². The van der Waals surface area contributed by atoms with Crippen molar-refractivity contribution in [2.24, 2.45) is 13.0 Å². The van der Waals surface area contributed by atoms with Crippen molar-refractivity contribution >= 4 is 21.9 Å². The van der Waals surface area contributed by atoms with Crippen molar-refractivity contribution in [1.29, 1.82) is 0 Å².